The smallest absolute Gasteiger partial charge is 0.253 e. The molecule has 3 rings (SSSR count). The number of carbonyl (C=O) groups excluding carboxylic acids is 1. The summed E-state index contributed by atoms with van der Waals surface area (Å²) < 4.78 is 26.8. The van der Waals surface area contributed by atoms with Crippen molar-refractivity contribution >= 4 is 34.0 Å². The molecule has 2 unspecified atom stereocenters. The van der Waals surface area contributed by atoms with Gasteiger partial charge >= 0.3 is 0 Å². The highest BCUT2D eigenvalue weighted by atomic mass is 35.5. The van der Waals surface area contributed by atoms with Crippen molar-refractivity contribution in [3.05, 3.63) is 29.8 Å². The van der Waals surface area contributed by atoms with E-state index in [1.165, 1.54) is 6.42 Å². The largest absolute Gasteiger partial charge is 0.349 e. The molecule has 8 heteroatoms. The number of hydrogen-bond donors (Lipinski definition) is 3. The van der Waals surface area contributed by atoms with Gasteiger partial charge in [0.15, 0.2) is 0 Å². The lowest BCUT2D eigenvalue weighted by molar-refractivity contribution is 0.0757. The minimum atomic E-state index is -3.44. The van der Waals surface area contributed by atoms with Gasteiger partial charge in [-0.1, -0.05) is 25.5 Å². The predicted octanol–water partition coefficient (Wildman–Crippen LogP) is 2.90. The molecule has 6 nitrogen and oxygen atoms in total. The van der Waals surface area contributed by atoms with Gasteiger partial charge < -0.3 is 11.1 Å². The summed E-state index contributed by atoms with van der Waals surface area (Å²) >= 11 is 0. The first-order chi connectivity index (χ1) is 12.4. The molecule has 0 saturated heterocycles. The third-order valence-corrected chi connectivity index (χ3v) is 7.06. The standard InChI is InChI=1S/C19H29N3O3S.ClH/c1-2-10-26(24,25)22-17-9-4-3-8-16(17)19(23)21-18-13-6-5-7-14(18)12-15(20)11-13;/h3-4,8-9,13-15,18,22H,2,5-7,10-12,20H2,1H3,(H,21,23);1H. The number of hydrogen-bond acceptors (Lipinski definition) is 4. The molecule has 0 spiro atoms. The highest BCUT2D eigenvalue weighted by molar-refractivity contribution is 7.92. The lowest BCUT2D eigenvalue weighted by Gasteiger charge is -2.45. The SMILES string of the molecule is CCCS(=O)(=O)Nc1ccccc1C(=O)NC1C2CCCC1CC(N)C2.Cl. The Bertz CT molecular complexity index is 742. The average Bonchev–Trinajstić information content (AvgIpc) is 2.55. The minimum Gasteiger partial charge on any atom is -0.349 e. The number of nitrogens with one attached hydrogen (secondary N) is 2. The van der Waals surface area contributed by atoms with Crippen LogP contribution < -0.4 is 15.8 Å². The molecule has 1 amide bonds. The number of anilines is 1. The topological polar surface area (TPSA) is 101 Å². The summed E-state index contributed by atoms with van der Waals surface area (Å²) in [4.78, 5) is 12.9. The van der Waals surface area contributed by atoms with Crippen LogP contribution in [0.5, 0.6) is 0 Å². The molecule has 0 heterocycles. The maximum Gasteiger partial charge on any atom is 0.253 e. The first kappa shape index (κ1) is 22.0. The Morgan fingerprint density at radius 1 is 1.19 bits per heavy atom. The Hall–Kier alpha value is -1.31. The summed E-state index contributed by atoms with van der Waals surface area (Å²) in [6, 6.07) is 7.16. The van der Waals surface area contributed by atoms with Crippen LogP contribution in [0.25, 0.3) is 0 Å². The number of amides is 1. The van der Waals surface area contributed by atoms with E-state index in [1.54, 1.807) is 24.3 Å². The fourth-order valence-electron chi connectivity index (χ4n) is 4.51. The molecular weight excluding hydrogens is 386 g/mol. The third-order valence-electron chi connectivity index (χ3n) is 5.58. The summed E-state index contributed by atoms with van der Waals surface area (Å²) in [6.45, 7) is 1.81. The van der Waals surface area contributed by atoms with Crippen molar-refractivity contribution in [1.82, 2.24) is 5.32 Å². The molecule has 4 N–H and O–H groups in total. The highest BCUT2D eigenvalue weighted by Gasteiger charge is 2.40. The average molecular weight is 416 g/mol. The fourth-order valence-corrected chi connectivity index (χ4v) is 5.66. The highest BCUT2D eigenvalue weighted by Crippen LogP contribution is 2.39. The van der Waals surface area contributed by atoms with Gasteiger partial charge in [-0.3, -0.25) is 9.52 Å². The molecule has 2 saturated carbocycles. The molecule has 2 atom stereocenters. The van der Waals surface area contributed by atoms with E-state index in [0.29, 0.717) is 29.5 Å². The Morgan fingerprint density at radius 2 is 1.81 bits per heavy atom. The maximum absolute atomic E-state index is 12.9. The number of fused-ring (bicyclic) bond motifs is 2. The van der Waals surface area contributed by atoms with Gasteiger partial charge in [0.1, 0.15) is 0 Å². The number of para-hydroxylation sites is 1. The van der Waals surface area contributed by atoms with E-state index >= 15 is 0 Å². The minimum absolute atomic E-state index is 0. The Balaban J connectivity index is 0.00000261. The summed E-state index contributed by atoms with van der Waals surface area (Å²) in [7, 11) is -3.44. The lowest BCUT2D eigenvalue weighted by atomic mass is 9.67. The van der Waals surface area contributed by atoms with Crippen molar-refractivity contribution in [3.63, 3.8) is 0 Å². The molecule has 0 radical (unpaired) electrons. The molecule has 0 aliphatic heterocycles. The van der Waals surface area contributed by atoms with E-state index < -0.39 is 10.0 Å². The first-order valence-corrected chi connectivity index (χ1v) is 11.2. The number of nitrogens with two attached hydrogens (primary N) is 1. The Morgan fingerprint density at radius 3 is 2.44 bits per heavy atom. The first-order valence-electron chi connectivity index (χ1n) is 9.55. The van der Waals surface area contributed by atoms with Crippen LogP contribution in [0.2, 0.25) is 0 Å². The van der Waals surface area contributed by atoms with Gasteiger partial charge in [0, 0.05) is 12.1 Å². The van der Waals surface area contributed by atoms with E-state index in [-0.39, 0.29) is 36.2 Å². The molecule has 2 aliphatic rings. The van der Waals surface area contributed by atoms with E-state index in [4.69, 9.17) is 5.73 Å². The quantitative estimate of drug-likeness (QED) is 0.664. The number of carbonyl (C=O) groups is 1. The van der Waals surface area contributed by atoms with Crippen LogP contribution in [0.4, 0.5) is 5.69 Å². The molecule has 0 aromatic heterocycles. The monoisotopic (exact) mass is 415 g/mol. The van der Waals surface area contributed by atoms with Crippen molar-refractivity contribution in [2.45, 2.75) is 57.5 Å². The summed E-state index contributed by atoms with van der Waals surface area (Å²) in [5.41, 5.74) is 6.88. The molecule has 27 heavy (non-hydrogen) atoms. The number of benzene rings is 1. The van der Waals surface area contributed by atoms with Crippen LogP contribution >= 0.6 is 12.4 Å². The lowest BCUT2D eigenvalue weighted by Crippen LogP contribution is -2.53. The Labute approximate surface area is 168 Å². The van der Waals surface area contributed by atoms with Crippen LogP contribution in [0.3, 0.4) is 0 Å². The van der Waals surface area contributed by atoms with Crippen LogP contribution in [-0.4, -0.2) is 32.2 Å². The zero-order valence-corrected chi connectivity index (χ0v) is 17.3. The second-order valence-corrected chi connectivity index (χ2v) is 9.49. The zero-order valence-electron chi connectivity index (χ0n) is 15.7. The molecule has 2 aliphatic carbocycles. The van der Waals surface area contributed by atoms with Gasteiger partial charge in [0.2, 0.25) is 10.0 Å². The predicted molar refractivity (Wildman–Crippen MR) is 111 cm³/mol. The molecule has 2 fully saturated rings. The van der Waals surface area contributed by atoms with Crippen LogP contribution in [0.1, 0.15) is 55.8 Å². The van der Waals surface area contributed by atoms with Gasteiger partial charge in [-0.15, -0.1) is 12.4 Å². The molecule has 2 bridgehead atoms. The Kier molecular flexibility index (Phi) is 7.54. The van der Waals surface area contributed by atoms with Crippen LogP contribution in [0.15, 0.2) is 24.3 Å². The molecule has 152 valence electrons. The van der Waals surface area contributed by atoms with Crippen molar-refractivity contribution < 1.29 is 13.2 Å². The zero-order chi connectivity index (χ0) is 18.7. The fraction of sp³-hybridized carbons (Fsp3) is 0.632. The van der Waals surface area contributed by atoms with E-state index in [2.05, 4.69) is 10.0 Å². The van der Waals surface area contributed by atoms with E-state index in [1.807, 2.05) is 6.92 Å². The number of halogens is 1. The van der Waals surface area contributed by atoms with Crippen molar-refractivity contribution in [3.8, 4) is 0 Å². The number of sulfonamides is 1. The summed E-state index contributed by atoms with van der Waals surface area (Å²) in [6.07, 6.45) is 5.81. The molecule has 1 aromatic rings. The van der Waals surface area contributed by atoms with Crippen LogP contribution in [-0.2, 0) is 10.0 Å². The maximum atomic E-state index is 12.9. The van der Waals surface area contributed by atoms with Crippen LogP contribution in [0, 0.1) is 11.8 Å². The van der Waals surface area contributed by atoms with Crippen molar-refractivity contribution in [2.75, 3.05) is 10.5 Å². The molecular formula is C19H30ClN3O3S. The third kappa shape index (κ3) is 5.36. The van der Waals surface area contributed by atoms with Gasteiger partial charge in [-0.05, 0) is 56.1 Å². The van der Waals surface area contributed by atoms with E-state index in [9.17, 15) is 13.2 Å². The van der Waals surface area contributed by atoms with E-state index in [0.717, 1.165) is 25.7 Å². The second-order valence-electron chi connectivity index (χ2n) is 7.65. The van der Waals surface area contributed by atoms with Gasteiger partial charge in [-0.25, -0.2) is 8.42 Å². The second kappa shape index (κ2) is 9.26. The molecule has 1 aromatic carbocycles. The van der Waals surface area contributed by atoms with Gasteiger partial charge in [-0.2, -0.15) is 0 Å². The van der Waals surface area contributed by atoms with Crippen molar-refractivity contribution in [1.29, 1.82) is 0 Å². The summed E-state index contributed by atoms with van der Waals surface area (Å²) in [5.74, 6) is 0.668. The van der Waals surface area contributed by atoms with Gasteiger partial charge in [0.25, 0.3) is 5.91 Å². The van der Waals surface area contributed by atoms with Crippen molar-refractivity contribution in [2.24, 2.45) is 17.6 Å². The van der Waals surface area contributed by atoms with Gasteiger partial charge in [0.05, 0.1) is 17.0 Å². The summed E-state index contributed by atoms with van der Waals surface area (Å²) in [5, 5.41) is 3.19. The number of rotatable bonds is 6. The normalized spacial score (nSPS) is 27.3.